The smallest absolute Gasteiger partial charge is 0.245 e. The largest absolute Gasteiger partial charge is 0.331 e. The van der Waals surface area contributed by atoms with Gasteiger partial charge in [-0.2, -0.15) is 0 Å². The first-order valence-corrected chi connectivity index (χ1v) is 8.70. The van der Waals surface area contributed by atoms with Crippen molar-refractivity contribution >= 4 is 11.7 Å². The van der Waals surface area contributed by atoms with E-state index in [2.05, 4.69) is 0 Å². The topological polar surface area (TPSA) is 40.6 Å². The maximum atomic E-state index is 13.3. The van der Waals surface area contributed by atoms with Crippen LogP contribution in [-0.2, 0) is 4.79 Å². The van der Waals surface area contributed by atoms with Crippen molar-refractivity contribution in [1.82, 2.24) is 9.80 Å². The maximum Gasteiger partial charge on any atom is 0.245 e. The van der Waals surface area contributed by atoms with Crippen molar-refractivity contribution in [2.75, 3.05) is 20.6 Å². The first-order valence-electron chi connectivity index (χ1n) is 8.70. The van der Waals surface area contributed by atoms with E-state index >= 15 is 0 Å². The summed E-state index contributed by atoms with van der Waals surface area (Å²) < 4.78 is 0. The number of carbonyl (C=O) groups excluding carboxylic acids is 2. The summed E-state index contributed by atoms with van der Waals surface area (Å²) in [5, 5.41) is 0. The van der Waals surface area contributed by atoms with Crippen molar-refractivity contribution in [3.8, 4) is 0 Å². The van der Waals surface area contributed by atoms with Gasteiger partial charge in [0.05, 0.1) is 6.04 Å². The van der Waals surface area contributed by atoms with Crippen LogP contribution in [0.2, 0.25) is 0 Å². The first-order chi connectivity index (χ1) is 12.1. The SMILES string of the molecule is CN(C)C(C(=O)N1CCCC1C(=O)c1ccccc1)c1ccccc1. The van der Waals surface area contributed by atoms with Crippen LogP contribution >= 0.6 is 0 Å². The third kappa shape index (κ3) is 3.64. The molecule has 1 aliphatic rings. The zero-order valence-corrected chi connectivity index (χ0v) is 14.8. The number of rotatable bonds is 5. The van der Waals surface area contributed by atoms with Gasteiger partial charge in [-0.3, -0.25) is 14.5 Å². The molecule has 0 aromatic heterocycles. The Bertz CT molecular complexity index is 728. The van der Waals surface area contributed by atoms with Gasteiger partial charge in [0, 0.05) is 12.1 Å². The summed E-state index contributed by atoms with van der Waals surface area (Å²) in [6.07, 6.45) is 1.60. The van der Waals surface area contributed by atoms with E-state index in [0.29, 0.717) is 12.1 Å². The average molecular weight is 336 g/mol. The molecule has 0 aliphatic carbocycles. The van der Waals surface area contributed by atoms with Crippen molar-refractivity contribution in [3.63, 3.8) is 0 Å². The quantitative estimate of drug-likeness (QED) is 0.788. The molecule has 0 bridgehead atoms. The number of carbonyl (C=O) groups is 2. The van der Waals surface area contributed by atoms with Gasteiger partial charge in [-0.25, -0.2) is 0 Å². The molecule has 0 radical (unpaired) electrons. The minimum Gasteiger partial charge on any atom is -0.331 e. The van der Waals surface area contributed by atoms with Gasteiger partial charge in [-0.1, -0.05) is 60.7 Å². The van der Waals surface area contributed by atoms with E-state index in [9.17, 15) is 9.59 Å². The lowest BCUT2D eigenvalue weighted by Gasteiger charge is -2.31. The molecule has 0 spiro atoms. The number of likely N-dealkylation sites (N-methyl/N-ethyl adjacent to an activating group) is 1. The Hall–Kier alpha value is -2.46. The fourth-order valence-corrected chi connectivity index (χ4v) is 3.55. The lowest BCUT2D eigenvalue weighted by atomic mass is 10.00. The number of ketones is 1. The summed E-state index contributed by atoms with van der Waals surface area (Å²) in [7, 11) is 3.80. The highest BCUT2D eigenvalue weighted by Crippen LogP contribution is 2.28. The van der Waals surface area contributed by atoms with Crippen LogP contribution in [-0.4, -0.2) is 48.2 Å². The van der Waals surface area contributed by atoms with Gasteiger partial charge in [0.1, 0.15) is 6.04 Å². The van der Waals surface area contributed by atoms with E-state index in [1.165, 1.54) is 0 Å². The monoisotopic (exact) mass is 336 g/mol. The van der Waals surface area contributed by atoms with E-state index in [4.69, 9.17) is 0 Å². The zero-order chi connectivity index (χ0) is 17.8. The normalized spacial score (nSPS) is 18.4. The molecule has 1 fully saturated rings. The Kier molecular flexibility index (Phi) is 5.29. The van der Waals surface area contributed by atoms with Crippen LogP contribution in [0.4, 0.5) is 0 Å². The number of hydrogen-bond acceptors (Lipinski definition) is 3. The van der Waals surface area contributed by atoms with Crippen molar-refractivity contribution in [2.45, 2.75) is 24.9 Å². The van der Waals surface area contributed by atoms with E-state index in [1.807, 2.05) is 79.7 Å². The van der Waals surface area contributed by atoms with Crippen LogP contribution in [0, 0.1) is 0 Å². The Labute approximate surface area is 149 Å². The van der Waals surface area contributed by atoms with Gasteiger partial charge in [-0.05, 0) is 32.5 Å². The number of likely N-dealkylation sites (tertiary alicyclic amines) is 1. The molecule has 3 rings (SSSR count). The first kappa shape index (κ1) is 17.4. The van der Waals surface area contributed by atoms with Gasteiger partial charge in [-0.15, -0.1) is 0 Å². The van der Waals surface area contributed by atoms with Gasteiger partial charge >= 0.3 is 0 Å². The van der Waals surface area contributed by atoms with Crippen molar-refractivity contribution in [3.05, 3.63) is 71.8 Å². The van der Waals surface area contributed by atoms with Gasteiger partial charge < -0.3 is 4.90 Å². The third-order valence-electron chi connectivity index (χ3n) is 4.76. The predicted octanol–water partition coefficient (Wildman–Crippen LogP) is 3.16. The molecule has 2 aromatic carbocycles. The molecule has 1 heterocycles. The summed E-state index contributed by atoms with van der Waals surface area (Å²) in [5.74, 6) is 0.0417. The maximum absolute atomic E-state index is 13.3. The summed E-state index contributed by atoms with van der Waals surface area (Å²) in [5.41, 5.74) is 1.63. The van der Waals surface area contributed by atoms with E-state index in [0.717, 1.165) is 18.4 Å². The van der Waals surface area contributed by atoms with Gasteiger partial charge in [0.25, 0.3) is 0 Å². The fraction of sp³-hybridized carbons (Fsp3) is 0.333. The third-order valence-corrected chi connectivity index (χ3v) is 4.76. The van der Waals surface area contributed by atoms with Crippen LogP contribution in [0.1, 0.15) is 34.8 Å². The van der Waals surface area contributed by atoms with Gasteiger partial charge in [0.15, 0.2) is 5.78 Å². The van der Waals surface area contributed by atoms with E-state index in [1.54, 1.807) is 4.90 Å². The molecule has 1 saturated heterocycles. The van der Waals surface area contributed by atoms with Crippen molar-refractivity contribution in [1.29, 1.82) is 0 Å². The Morgan fingerprint density at radius 2 is 1.60 bits per heavy atom. The minimum absolute atomic E-state index is 0.00276. The minimum atomic E-state index is -0.370. The fourth-order valence-electron chi connectivity index (χ4n) is 3.55. The lowest BCUT2D eigenvalue weighted by Crippen LogP contribution is -2.46. The number of benzene rings is 2. The second-order valence-electron chi connectivity index (χ2n) is 6.70. The highest BCUT2D eigenvalue weighted by atomic mass is 16.2. The summed E-state index contributed by atoms with van der Waals surface area (Å²) in [6, 6.07) is 18.3. The van der Waals surface area contributed by atoms with Crippen molar-refractivity contribution < 1.29 is 9.59 Å². The molecule has 4 heteroatoms. The number of Topliss-reactive ketones (excluding diaryl/α,β-unsaturated/α-hetero) is 1. The molecule has 25 heavy (non-hydrogen) atoms. The highest BCUT2D eigenvalue weighted by Gasteiger charge is 2.38. The molecule has 130 valence electrons. The van der Waals surface area contributed by atoms with E-state index in [-0.39, 0.29) is 23.8 Å². The molecular weight excluding hydrogens is 312 g/mol. The summed E-state index contributed by atoms with van der Waals surface area (Å²) >= 11 is 0. The molecule has 0 N–H and O–H groups in total. The van der Waals surface area contributed by atoms with Crippen LogP contribution in [0.3, 0.4) is 0 Å². The highest BCUT2D eigenvalue weighted by molar-refractivity contribution is 6.02. The van der Waals surface area contributed by atoms with Gasteiger partial charge in [0.2, 0.25) is 5.91 Å². The molecule has 1 aliphatic heterocycles. The second kappa shape index (κ2) is 7.62. The second-order valence-corrected chi connectivity index (χ2v) is 6.70. The Morgan fingerprint density at radius 1 is 1.00 bits per heavy atom. The van der Waals surface area contributed by atoms with Crippen LogP contribution in [0.25, 0.3) is 0 Å². The molecule has 4 nitrogen and oxygen atoms in total. The molecule has 2 unspecified atom stereocenters. The lowest BCUT2D eigenvalue weighted by molar-refractivity contribution is -0.136. The number of amides is 1. The van der Waals surface area contributed by atoms with Crippen LogP contribution in [0.5, 0.6) is 0 Å². The van der Waals surface area contributed by atoms with Crippen molar-refractivity contribution in [2.24, 2.45) is 0 Å². The predicted molar refractivity (Wildman–Crippen MR) is 98.4 cm³/mol. The number of nitrogens with zero attached hydrogens (tertiary/aromatic N) is 2. The summed E-state index contributed by atoms with van der Waals surface area (Å²) in [6.45, 7) is 0.638. The molecule has 2 atom stereocenters. The van der Waals surface area contributed by atoms with Crippen LogP contribution in [0.15, 0.2) is 60.7 Å². The molecule has 1 amide bonds. The Balaban J connectivity index is 1.86. The van der Waals surface area contributed by atoms with E-state index < -0.39 is 0 Å². The Morgan fingerprint density at radius 3 is 2.20 bits per heavy atom. The molecule has 0 saturated carbocycles. The zero-order valence-electron chi connectivity index (χ0n) is 14.8. The van der Waals surface area contributed by atoms with Crippen LogP contribution < -0.4 is 0 Å². The summed E-state index contributed by atoms with van der Waals surface area (Å²) in [4.78, 5) is 29.8. The molecule has 2 aromatic rings. The standard InChI is InChI=1S/C21H24N2O2/c1-22(2)19(16-10-5-3-6-11-16)21(25)23-15-9-14-18(23)20(24)17-12-7-4-8-13-17/h3-8,10-13,18-19H,9,14-15H2,1-2H3. The number of hydrogen-bond donors (Lipinski definition) is 0. The molecular formula is C21H24N2O2. The average Bonchev–Trinajstić information content (AvgIpc) is 3.12.